The molecule has 0 saturated carbocycles. The maximum absolute atomic E-state index is 10.7. The molecule has 0 atom stereocenters. The molecule has 6 heteroatoms. The molecule has 0 bridgehead atoms. The monoisotopic (exact) mass is 300 g/mol. The second kappa shape index (κ2) is 5.46. The molecule has 0 aliphatic carbocycles. The Balaban J connectivity index is 2.11. The molecule has 0 unspecified atom stereocenters. The Morgan fingerprint density at radius 2 is 2.06 bits per heavy atom. The third-order valence-electron chi connectivity index (χ3n) is 2.66. The molecule has 5 nitrogen and oxygen atoms in total. The number of piperidine rings is 1. The lowest BCUT2D eigenvalue weighted by Gasteiger charge is -2.23. The molecule has 1 saturated heterocycles. The molecule has 0 aromatic heterocycles. The SMILES string of the molecule is O=[N+]([O-])c1cc(Br)cc(OC2CCNCC2)c1. The molecule has 1 aliphatic rings. The Morgan fingerprint density at radius 1 is 1.35 bits per heavy atom. The van der Waals surface area contributed by atoms with Crippen LogP contribution >= 0.6 is 15.9 Å². The van der Waals surface area contributed by atoms with Gasteiger partial charge in [0, 0.05) is 10.5 Å². The van der Waals surface area contributed by atoms with E-state index >= 15 is 0 Å². The minimum absolute atomic E-state index is 0.0447. The van der Waals surface area contributed by atoms with Crippen LogP contribution in [0.3, 0.4) is 0 Å². The lowest BCUT2D eigenvalue weighted by Crippen LogP contribution is -2.34. The van der Waals surface area contributed by atoms with Crippen LogP contribution in [-0.2, 0) is 0 Å². The summed E-state index contributed by atoms with van der Waals surface area (Å²) >= 11 is 3.25. The highest BCUT2D eigenvalue weighted by Gasteiger charge is 2.16. The smallest absolute Gasteiger partial charge is 0.274 e. The summed E-state index contributed by atoms with van der Waals surface area (Å²) in [6.07, 6.45) is 2.01. The zero-order valence-electron chi connectivity index (χ0n) is 9.19. The van der Waals surface area contributed by atoms with Crippen molar-refractivity contribution in [2.45, 2.75) is 18.9 Å². The quantitative estimate of drug-likeness (QED) is 0.688. The van der Waals surface area contributed by atoms with Crippen LogP contribution in [0, 0.1) is 10.1 Å². The molecule has 2 rings (SSSR count). The Labute approximate surface area is 107 Å². The molecule has 1 aromatic rings. The summed E-state index contributed by atoms with van der Waals surface area (Å²) in [7, 11) is 0. The fourth-order valence-electron chi connectivity index (χ4n) is 1.83. The highest BCUT2D eigenvalue weighted by molar-refractivity contribution is 9.10. The minimum atomic E-state index is -0.417. The maximum atomic E-state index is 10.7. The first-order chi connectivity index (χ1) is 8.15. The van der Waals surface area contributed by atoms with Crippen molar-refractivity contribution in [3.8, 4) is 5.75 Å². The van der Waals surface area contributed by atoms with Crippen LogP contribution in [-0.4, -0.2) is 24.1 Å². The van der Waals surface area contributed by atoms with Crippen molar-refractivity contribution in [3.05, 3.63) is 32.8 Å². The van der Waals surface area contributed by atoms with Crippen molar-refractivity contribution in [1.29, 1.82) is 0 Å². The van der Waals surface area contributed by atoms with Gasteiger partial charge in [-0.1, -0.05) is 15.9 Å². The van der Waals surface area contributed by atoms with Gasteiger partial charge in [0.2, 0.25) is 0 Å². The van der Waals surface area contributed by atoms with E-state index in [1.54, 1.807) is 6.07 Å². The zero-order valence-corrected chi connectivity index (χ0v) is 10.8. The third-order valence-corrected chi connectivity index (χ3v) is 3.11. The van der Waals surface area contributed by atoms with Gasteiger partial charge in [0.05, 0.1) is 11.0 Å². The van der Waals surface area contributed by atoms with Gasteiger partial charge >= 0.3 is 0 Å². The normalized spacial score (nSPS) is 16.8. The number of rotatable bonds is 3. The first kappa shape index (κ1) is 12.3. The van der Waals surface area contributed by atoms with E-state index in [2.05, 4.69) is 21.2 Å². The number of nitrogens with zero attached hydrogens (tertiary/aromatic N) is 1. The van der Waals surface area contributed by atoms with Crippen LogP contribution in [0.2, 0.25) is 0 Å². The standard InChI is InChI=1S/C11H13BrN2O3/c12-8-5-9(14(15)16)7-11(6-8)17-10-1-3-13-4-2-10/h5-7,10,13H,1-4H2. The van der Waals surface area contributed by atoms with E-state index in [9.17, 15) is 10.1 Å². The van der Waals surface area contributed by atoms with E-state index in [-0.39, 0.29) is 11.8 Å². The summed E-state index contributed by atoms with van der Waals surface area (Å²) in [5, 5.41) is 14.0. The lowest BCUT2D eigenvalue weighted by atomic mass is 10.1. The molecular weight excluding hydrogens is 288 g/mol. The fraction of sp³-hybridized carbons (Fsp3) is 0.455. The third kappa shape index (κ3) is 3.41. The van der Waals surface area contributed by atoms with Gasteiger partial charge in [-0.25, -0.2) is 0 Å². The van der Waals surface area contributed by atoms with E-state index in [0.29, 0.717) is 10.2 Å². The van der Waals surface area contributed by atoms with Crippen molar-refractivity contribution in [1.82, 2.24) is 5.32 Å². The molecule has 0 spiro atoms. The molecule has 1 aromatic carbocycles. The zero-order chi connectivity index (χ0) is 12.3. The Morgan fingerprint density at radius 3 is 2.71 bits per heavy atom. The number of non-ortho nitro benzene ring substituents is 1. The van der Waals surface area contributed by atoms with Crippen molar-refractivity contribution in [2.75, 3.05) is 13.1 Å². The average molecular weight is 301 g/mol. The summed E-state index contributed by atoms with van der Waals surface area (Å²) in [5.74, 6) is 0.554. The van der Waals surface area contributed by atoms with Crippen molar-refractivity contribution >= 4 is 21.6 Å². The summed E-state index contributed by atoms with van der Waals surface area (Å²) in [6.45, 7) is 1.86. The predicted molar refractivity (Wildman–Crippen MR) is 67.3 cm³/mol. The number of hydrogen-bond donors (Lipinski definition) is 1. The molecular formula is C11H13BrN2O3. The number of benzene rings is 1. The second-order valence-corrected chi connectivity index (χ2v) is 4.89. The van der Waals surface area contributed by atoms with Crippen molar-refractivity contribution < 1.29 is 9.66 Å². The number of nitro benzene ring substituents is 1. The van der Waals surface area contributed by atoms with Crippen LogP contribution < -0.4 is 10.1 Å². The van der Waals surface area contributed by atoms with Gasteiger partial charge in [0.25, 0.3) is 5.69 Å². The largest absolute Gasteiger partial charge is 0.490 e. The Bertz CT molecular complexity index is 419. The topological polar surface area (TPSA) is 64.4 Å². The number of nitro groups is 1. The molecule has 1 aliphatic heterocycles. The van der Waals surface area contributed by atoms with Crippen LogP contribution in [0.5, 0.6) is 5.75 Å². The first-order valence-electron chi connectivity index (χ1n) is 5.47. The molecule has 0 radical (unpaired) electrons. The van der Waals surface area contributed by atoms with Gasteiger partial charge in [0.15, 0.2) is 0 Å². The van der Waals surface area contributed by atoms with Gasteiger partial charge in [-0.15, -0.1) is 0 Å². The second-order valence-electron chi connectivity index (χ2n) is 3.97. The summed E-state index contributed by atoms with van der Waals surface area (Å²) in [4.78, 5) is 10.3. The van der Waals surface area contributed by atoms with Crippen LogP contribution in [0.4, 0.5) is 5.69 Å². The van der Waals surface area contributed by atoms with Gasteiger partial charge in [-0.05, 0) is 32.0 Å². The molecule has 1 N–H and O–H groups in total. The van der Waals surface area contributed by atoms with Crippen molar-refractivity contribution in [3.63, 3.8) is 0 Å². The molecule has 1 heterocycles. The van der Waals surface area contributed by atoms with E-state index in [1.165, 1.54) is 12.1 Å². The van der Waals surface area contributed by atoms with E-state index in [1.807, 2.05) is 0 Å². The Hall–Kier alpha value is -1.14. The van der Waals surface area contributed by atoms with Gasteiger partial charge < -0.3 is 10.1 Å². The van der Waals surface area contributed by atoms with Crippen molar-refractivity contribution in [2.24, 2.45) is 0 Å². The summed E-state index contributed by atoms with van der Waals surface area (Å²) in [5.41, 5.74) is 0.0447. The number of halogens is 1. The summed E-state index contributed by atoms with van der Waals surface area (Å²) in [6, 6.07) is 4.69. The maximum Gasteiger partial charge on any atom is 0.274 e. The minimum Gasteiger partial charge on any atom is -0.490 e. The highest BCUT2D eigenvalue weighted by atomic mass is 79.9. The van der Waals surface area contributed by atoms with Crippen LogP contribution in [0.15, 0.2) is 22.7 Å². The van der Waals surface area contributed by atoms with E-state index < -0.39 is 4.92 Å². The van der Waals surface area contributed by atoms with Gasteiger partial charge in [-0.3, -0.25) is 10.1 Å². The Kier molecular flexibility index (Phi) is 3.96. The lowest BCUT2D eigenvalue weighted by molar-refractivity contribution is -0.385. The van der Waals surface area contributed by atoms with Crippen LogP contribution in [0.1, 0.15) is 12.8 Å². The highest BCUT2D eigenvalue weighted by Crippen LogP contribution is 2.27. The number of ether oxygens (including phenoxy) is 1. The first-order valence-corrected chi connectivity index (χ1v) is 6.27. The van der Waals surface area contributed by atoms with Crippen LogP contribution in [0.25, 0.3) is 0 Å². The van der Waals surface area contributed by atoms with Gasteiger partial charge in [0.1, 0.15) is 11.9 Å². The summed E-state index contributed by atoms with van der Waals surface area (Å²) < 4.78 is 6.42. The van der Waals surface area contributed by atoms with E-state index in [0.717, 1.165) is 25.9 Å². The molecule has 1 fully saturated rings. The molecule has 17 heavy (non-hydrogen) atoms. The predicted octanol–water partition coefficient (Wildman–Crippen LogP) is 2.49. The molecule has 0 amide bonds. The van der Waals surface area contributed by atoms with Gasteiger partial charge in [-0.2, -0.15) is 0 Å². The average Bonchev–Trinajstić information content (AvgIpc) is 2.29. The number of hydrogen-bond acceptors (Lipinski definition) is 4. The number of nitrogens with one attached hydrogen (secondary N) is 1. The van der Waals surface area contributed by atoms with E-state index in [4.69, 9.17) is 4.74 Å². The molecule has 92 valence electrons. The fourth-order valence-corrected chi connectivity index (χ4v) is 2.29.